The molecule has 11 heteroatoms. The van der Waals surface area contributed by atoms with Crippen molar-refractivity contribution < 1.29 is 53.5 Å². The van der Waals surface area contributed by atoms with E-state index in [1.165, 1.54) is 12.2 Å². The van der Waals surface area contributed by atoms with Crippen molar-refractivity contribution in [2.45, 2.75) is 82.7 Å². The van der Waals surface area contributed by atoms with Gasteiger partial charge >= 0.3 is 29.8 Å². The van der Waals surface area contributed by atoms with Gasteiger partial charge in [0.05, 0.1) is 35.0 Å². The standard InChI is InChI=1S/C26H30O11/c1-2-3-4-5-7-15(27)20-18-13(23(31)36-25(18)33)10-12(21(29)16-8-6-9-17(28)35-16)11-14-19(22(20)30)26(34)37-24(14)32/h6,9,12,15-16,20-22,27,29-30H,2-5,7-8,10-11H2,1H3/t12-,15+,16-,20-,21-,22-/m1/s1. The number of esters is 5. The SMILES string of the molecule is CCCCCC[C@H](O)[C@@H]1C2=C(C[C@@H]([C@@H](O)[C@H]3CC=CC(=O)O3)CC3=C(C(=O)OC3=O)[C@H]1O)C(=O)OC2=O. The van der Waals surface area contributed by atoms with Gasteiger partial charge in [-0.3, -0.25) is 0 Å². The van der Waals surface area contributed by atoms with Gasteiger partial charge in [0.1, 0.15) is 6.10 Å². The molecule has 0 spiro atoms. The summed E-state index contributed by atoms with van der Waals surface area (Å²) < 4.78 is 14.8. The summed E-state index contributed by atoms with van der Waals surface area (Å²) in [4.78, 5) is 62.6. The van der Waals surface area contributed by atoms with E-state index in [9.17, 15) is 39.3 Å². The number of ether oxygens (including phenoxy) is 3. The molecule has 11 nitrogen and oxygen atoms in total. The van der Waals surface area contributed by atoms with Gasteiger partial charge in [0.2, 0.25) is 0 Å². The highest BCUT2D eigenvalue weighted by Crippen LogP contribution is 2.43. The van der Waals surface area contributed by atoms with Gasteiger partial charge in [-0.05, 0) is 25.2 Å². The first-order chi connectivity index (χ1) is 17.6. The Kier molecular flexibility index (Phi) is 8.05. The van der Waals surface area contributed by atoms with E-state index in [1.54, 1.807) is 0 Å². The summed E-state index contributed by atoms with van der Waals surface area (Å²) in [6, 6.07) is 0. The molecule has 3 heterocycles. The number of aliphatic hydroxyl groups excluding tert-OH is 3. The molecule has 0 unspecified atom stereocenters. The lowest BCUT2D eigenvalue weighted by molar-refractivity contribution is -0.154. The van der Waals surface area contributed by atoms with Crippen LogP contribution in [0.3, 0.4) is 0 Å². The van der Waals surface area contributed by atoms with Crippen molar-refractivity contribution >= 4 is 29.8 Å². The zero-order valence-corrected chi connectivity index (χ0v) is 20.4. The Morgan fingerprint density at radius 1 is 0.892 bits per heavy atom. The van der Waals surface area contributed by atoms with E-state index >= 15 is 0 Å². The van der Waals surface area contributed by atoms with Gasteiger partial charge in [-0.25, -0.2) is 24.0 Å². The first kappa shape index (κ1) is 26.9. The molecule has 6 atom stereocenters. The average molecular weight is 519 g/mol. The van der Waals surface area contributed by atoms with Crippen LogP contribution in [0.2, 0.25) is 0 Å². The maximum Gasteiger partial charge on any atom is 0.345 e. The first-order valence-electron chi connectivity index (χ1n) is 12.5. The van der Waals surface area contributed by atoms with Crippen molar-refractivity contribution in [3.8, 4) is 0 Å². The largest absolute Gasteiger partial charge is 0.456 e. The molecule has 0 amide bonds. The van der Waals surface area contributed by atoms with Gasteiger partial charge in [-0.1, -0.05) is 38.7 Å². The molecule has 4 rings (SSSR count). The fourth-order valence-corrected chi connectivity index (χ4v) is 5.48. The normalized spacial score (nSPS) is 29.7. The molecule has 3 N–H and O–H groups in total. The van der Waals surface area contributed by atoms with E-state index in [2.05, 4.69) is 0 Å². The van der Waals surface area contributed by atoms with Crippen LogP contribution in [0.15, 0.2) is 34.4 Å². The van der Waals surface area contributed by atoms with Crippen LogP contribution < -0.4 is 0 Å². The summed E-state index contributed by atoms with van der Waals surface area (Å²) in [5, 5.41) is 33.6. The second-order valence-electron chi connectivity index (χ2n) is 9.80. The average Bonchev–Trinajstić information content (AvgIpc) is 3.30. The number of carbonyl (C=O) groups is 5. The van der Waals surface area contributed by atoms with Crippen LogP contribution in [0, 0.1) is 11.8 Å². The van der Waals surface area contributed by atoms with Crippen molar-refractivity contribution in [2.75, 3.05) is 0 Å². The summed E-state index contributed by atoms with van der Waals surface area (Å²) >= 11 is 0. The van der Waals surface area contributed by atoms with Crippen LogP contribution in [0.5, 0.6) is 0 Å². The van der Waals surface area contributed by atoms with Gasteiger partial charge in [0.15, 0.2) is 0 Å². The third kappa shape index (κ3) is 5.29. The van der Waals surface area contributed by atoms with Crippen LogP contribution >= 0.6 is 0 Å². The molecule has 0 fully saturated rings. The molecule has 37 heavy (non-hydrogen) atoms. The monoisotopic (exact) mass is 518 g/mol. The molecule has 0 radical (unpaired) electrons. The molecule has 0 aromatic heterocycles. The molecular weight excluding hydrogens is 488 g/mol. The Morgan fingerprint density at radius 3 is 2.14 bits per heavy atom. The third-order valence-corrected chi connectivity index (χ3v) is 7.38. The molecule has 0 aromatic rings. The highest BCUT2D eigenvalue weighted by Gasteiger charge is 2.51. The Balaban J connectivity index is 1.78. The fraction of sp³-hybridized carbons (Fsp3) is 0.577. The lowest BCUT2D eigenvalue weighted by Crippen LogP contribution is -2.39. The summed E-state index contributed by atoms with van der Waals surface area (Å²) in [7, 11) is 0. The summed E-state index contributed by atoms with van der Waals surface area (Å²) in [5.74, 6) is -7.33. The van der Waals surface area contributed by atoms with Gasteiger partial charge in [-0.2, -0.15) is 0 Å². The lowest BCUT2D eigenvalue weighted by atomic mass is 9.80. The Morgan fingerprint density at radius 2 is 1.51 bits per heavy atom. The zero-order chi connectivity index (χ0) is 26.9. The number of rotatable bonds is 8. The molecule has 3 aliphatic heterocycles. The number of hydrogen-bond acceptors (Lipinski definition) is 11. The fourth-order valence-electron chi connectivity index (χ4n) is 5.48. The highest BCUT2D eigenvalue weighted by molar-refractivity contribution is 6.15. The Bertz CT molecular complexity index is 1100. The molecule has 0 bridgehead atoms. The van der Waals surface area contributed by atoms with E-state index in [0.717, 1.165) is 19.3 Å². The van der Waals surface area contributed by atoms with Crippen molar-refractivity contribution in [2.24, 2.45) is 11.8 Å². The minimum absolute atomic E-state index is 0.155. The summed E-state index contributed by atoms with van der Waals surface area (Å²) in [6.45, 7) is 2.02. The van der Waals surface area contributed by atoms with Crippen LogP contribution in [-0.2, 0) is 38.2 Å². The predicted octanol–water partition coefficient (Wildman–Crippen LogP) is 0.697. The maximum atomic E-state index is 12.8. The van der Waals surface area contributed by atoms with Crippen molar-refractivity contribution in [1.82, 2.24) is 0 Å². The third-order valence-electron chi connectivity index (χ3n) is 7.38. The lowest BCUT2D eigenvalue weighted by Gasteiger charge is -2.30. The predicted molar refractivity (Wildman–Crippen MR) is 123 cm³/mol. The van der Waals surface area contributed by atoms with Crippen LogP contribution in [0.4, 0.5) is 0 Å². The van der Waals surface area contributed by atoms with Crippen LogP contribution in [0.25, 0.3) is 0 Å². The van der Waals surface area contributed by atoms with E-state index in [4.69, 9.17) is 14.2 Å². The number of cyclic esters (lactones) is 5. The van der Waals surface area contributed by atoms with Gasteiger partial charge in [0.25, 0.3) is 0 Å². The Labute approximate surface area is 212 Å². The number of hydrogen-bond donors (Lipinski definition) is 3. The second kappa shape index (κ2) is 11.1. The molecule has 4 aliphatic rings. The van der Waals surface area contributed by atoms with Crippen molar-refractivity contribution in [1.29, 1.82) is 0 Å². The minimum atomic E-state index is -1.84. The van der Waals surface area contributed by atoms with Gasteiger partial charge in [-0.15, -0.1) is 0 Å². The van der Waals surface area contributed by atoms with Crippen molar-refractivity contribution in [3.05, 3.63) is 34.4 Å². The van der Waals surface area contributed by atoms with Crippen molar-refractivity contribution in [3.63, 3.8) is 0 Å². The van der Waals surface area contributed by atoms with E-state index in [-0.39, 0.29) is 42.4 Å². The summed E-state index contributed by atoms with van der Waals surface area (Å²) in [5.41, 5.74) is -1.10. The minimum Gasteiger partial charge on any atom is -0.456 e. The van der Waals surface area contributed by atoms with Gasteiger partial charge in [0, 0.05) is 24.0 Å². The Hall–Kier alpha value is -3.15. The maximum absolute atomic E-state index is 12.8. The number of unbranched alkanes of at least 4 members (excludes halogenated alkanes) is 3. The second-order valence-corrected chi connectivity index (χ2v) is 9.80. The number of aliphatic hydroxyl groups is 3. The molecular formula is C26H30O11. The quantitative estimate of drug-likeness (QED) is 0.179. The van der Waals surface area contributed by atoms with Crippen LogP contribution in [0.1, 0.15) is 58.3 Å². The molecule has 0 saturated carbocycles. The molecule has 0 saturated heterocycles. The number of carbonyl (C=O) groups excluding carboxylic acids is 5. The zero-order valence-electron chi connectivity index (χ0n) is 20.4. The first-order valence-corrected chi connectivity index (χ1v) is 12.5. The highest BCUT2D eigenvalue weighted by atomic mass is 16.6. The summed E-state index contributed by atoms with van der Waals surface area (Å²) in [6.07, 6.45) is 0.0132. The smallest absolute Gasteiger partial charge is 0.345 e. The van der Waals surface area contributed by atoms with E-state index in [0.29, 0.717) is 6.42 Å². The molecule has 200 valence electrons. The topological polar surface area (TPSA) is 174 Å². The molecule has 0 aromatic carbocycles. The van der Waals surface area contributed by atoms with Gasteiger partial charge < -0.3 is 29.5 Å². The molecule has 1 aliphatic carbocycles. The van der Waals surface area contributed by atoms with E-state index < -0.39 is 71.7 Å². The van der Waals surface area contributed by atoms with Crippen LogP contribution in [-0.4, -0.2) is 69.6 Å². The van der Waals surface area contributed by atoms with E-state index in [1.807, 2.05) is 6.92 Å².